The Bertz CT molecular complexity index is 2730. The fourth-order valence-electron chi connectivity index (χ4n) is 5.99. The van der Waals surface area contributed by atoms with Crippen LogP contribution in [-0.4, -0.2) is 58.5 Å². The number of benzene rings is 4. The zero-order valence-corrected chi connectivity index (χ0v) is 32.4. The zero-order valence-electron chi connectivity index (χ0n) is 30.0. The fourth-order valence-corrected chi connectivity index (χ4v) is 8.00. The number of hydrogen-bond acceptors (Lipinski definition) is 18. The van der Waals surface area contributed by atoms with Gasteiger partial charge in [-0.2, -0.15) is 28.1 Å². The lowest BCUT2D eigenvalue weighted by molar-refractivity contribution is 0.425. The molecule has 0 bridgehead atoms. The van der Waals surface area contributed by atoms with E-state index in [-0.39, 0.29) is 0 Å². The molecule has 0 unspecified atom stereocenters. The third kappa shape index (κ3) is 6.92. The lowest BCUT2D eigenvalue weighted by atomic mass is 10.1. The molecule has 0 fully saturated rings. The molecule has 6 heterocycles. The Hall–Kier alpha value is -7.02. The van der Waals surface area contributed by atoms with Gasteiger partial charge in [-0.05, 0) is 110 Å². The third-order valence-corrected chi connectivity index (χ3v) is 10.9. The van der Waals surface area contributed by atoms with Gasteiger partial charge in [0.05, 0.1) is 0 Å². The Morgan fingerprint density at radius 2 is 0.632 bits per heavy atom. The maximum atomic E-state index is 5.40. The first-order chi connectivity index (χ1) is 27.9. The molecule has 0 aliphatic heterocycles. The molecule has 18 heteroatoms. The van der Waals surface area contributed by atoms with Crippen LogP contribution in [0, 0.1) is 20.8 Å². The van der Waals surface area contributed by atoms with E-state index in [4.69, 9.17) is 41.6 Å². The summed E-state index contributed by atoms with van der Waals surface area (Å²) < 4.78 is 30.4. The third-order valence-electron chi connectivity index (χ3n) is 8.64. The molecule has 0 spiro atoms. The molecule has 57 heavy (non-hydrogen) atoms. The van der Waals surface area contributed by atoms with Crippen LogP contribution < -0.4 is 0 Å². The molecule has 0 aliphatic rings. The normalized spacial score (nSPS) is 11.4. The second-order valence-corrected chi connectivity index (χ2v) is 15.0. The van der Waals surface area contributed by atoms with E-state index in [1.807, 2.05) is 91.0 Å². The average molecular weight is 805 g/mol. The van der Waals surface area contributed by atoms with Crippen LogP contribution in [0.5, 0.6) is 0 Å². The summed E-state index contributed by atoms with van der Waals surface area (Å²) in [5.41, 5.74) is 7.32. The van der Waals surface area contributed by atoms with Crippen LogP contribution in [0.2, 0.25) is 0 Å². The van der Waals surface area contributed by atoms with Crippen LogP contribution >= 0.6 is 34.6 Å². The van der Waals surface area contributed by atoms with Crippen molar-refractivity contribution >= 4 is 34.6 Å². The van der Waals surface area contributed by atoms with Crippen molar-refractivity contribution in [1.29, 1.82) is 0 Å². The fraction of sp³-hybridized carbons (Fsp3) is 0.0769. The first-order valence-corrected chi connectivity index (χ1v) is 19.6. The largest absolute Gasteiger partial charge is 0.334 e. The van der Waals surface area contributed by atoms with Gasteiger partial charge >= 0.3 is 0 Å². The molecule has 0 saturated heterocycles. The molecule has 0 atom stereocenters. The van der Waals surface area contributed by atoms with Crippen molar-refractivity contribution in [3.8, 4) is 100 Å². The molecule has 4 aromatic carbocycles. The van der Waals surface area contributed by atoms with Gasteiger partial charge in [0, 0.05) is 50.1 Å². The molecule has 10 rings (SSSR count). The van der Waals surface area contributed by atoms with E-state index < -0.39 is 0 Å². The minimum absolute atomic E-state index is 0.433. The SMILES string of the molecule is Cc1noc(-c2cccc(-c3nsc(-c4cc(-c5nc(-c6cccc(-c7nc(C)no7)c6)ns5)cc(-c5nc(-c6cccc(-c7nc(C)no7)c6)ns5)c4)n3)c2)n1. The predicted octanol–water partition coefficient (Wildman–Crippen LogP) is 9.32. The standard InChI is InChI=1S/C39H24N12O3S3/c1-19-40-34(52-46-19)25-10-4-7-22(13-25)31-43-37(55-49-31)28-16-29(38-44-32(50-56-38)23-8-5-11-26(14-23)35-41-20(2)47-53-35)18-30(17-28)39-45-33(51-57-39)24-9-6-12-27(15-24)36-42-21(3)48-54-36/h4-18H,1-3H3. The van der Waals surface area contributed by atoms with Crippen molar-refractivity contribution in [3.05, 3.63) is 108 Å². The molecule has 15 nitrogen and oxygen atoms in total. The summed E-state index contributed by atoms with van der Waals surface area (Å²) >= 11 is 3.90. The van der Waals surface area contributed by atoms with E-state index in [2.05, 4.69) is 30.4 Å². The topological polar surface area (TPSA) is 194 Å². The van der Waals surface area contributed by atoms with Gasteiger partial charge in [-0.1, -0.05) is 51.9 Å². The van der Waals surface area contributed by atoms with Crippen molar-refractivity contribution in [2.75, 3.05) is 0 Å². The van der Waals surface area contributed by atoms with Gasteiger partial charge in [0.2, 0.25) is 0 Å². The highest BCUT2D eigenvalue weighted by atomic mass is 32.1. The second-order valence-electron chi connectivity index (χ2n) is 12.8. The van der Waals surface area contributed by atoms with Crippen LogP contribution in [0.4, 0.5) is 0 Å². The van der Waals surface area contributed by atoms with Gasteiger partial charge in [0.1, 0.15) is 15.0 Å². The van der Waals surface area contributed by atoms with Crippen LogP contribution in [0.25, 0.3) is 100 Å². The highest BCUT2D eigenvalue weighted by molar-refractivity contribution is 7.10. The van der Waals surface area contributed by atoms with E-state index in [1.54, 1.807) is 20.8 Å². The van der Waals surface area contributed by atoms with Crippen molar-refractivity contribution in [3.63, 3.8) is 0 Å². The summed E-state index contributed by atoms with van der Waals surface area (Å²) in [6.45, 7) is 5.35. The molecule has 0 aliphatic carbocycles. The Balaban J connectivity index is 1.03. The molecule has 276 valence electrons. The molecule has 6 aromatic heterocycles. The lowest BCUT2D eigenvalue weighted by Gasteiger charge is -2.05. The highest BCUT2D eigenvalue weighted by Gasteiger charge is 2.19. The molecule has 10 aromatic rings. The van der Waals surface area contributed by atoms with Gasteiger partial charge in [0.15, 0.2) is 34.9 Å². The van der Waals surface area contributed by atoms with Gasteiger partial charge in [-0.3, -0.25) is 0 Å². The minimum atomic E-state index is 0.433. The Labute approximate surface area is 334 Å². The summed E-state index contributed by atoms with van der Waals surface area (Å²) in [6, 6.07) is 29.3. The molecule has 0 radical (unpaired) electrons. The maximum absolute atomic E-state index is 5.40. The monoisotopic (exact) mass is 804 g/mol. The van der Waals surface area contributed by atoms with Crippen molar-refractivity contribution in [2.24, 2.45) is 0 Å². The summed E-state index contributed by atoms with van der Waals surface area (Å²) in [7, 11) is 0. The van der Waals surface area contributed by atoms with Crippen LogP contribution in [-0.2, 0) is 0 Å². The Morgan fingerprint density at radius 3 is 0.912 bits per heavy atom. The van der Waals surface area contributed by atoms with Crippen molar-refractivity contribution in [1.82, 2.24) is 58.5 Å². The number of rotatable bonds is 9. The summed E-state index contributed by atoms with van der Waals surface area (Å²) in [5.74, 6) is 4.70. The van der Waals surface area contributed by atoms with Gasteiger partial charge in [-0.25, -0.2) is 15.0 Å². The minimum Gasteiger partial charge on any atom is -0.334 e. The molecular formula is C39H24N12O3S3. The second kappa shape index (κ2) is 14.2. The van der Waals surface area contributed by atoms with E-state index in [0.717, 1.165) is 50.1 Å². The number of aromatic nitrogens is 12. The van der Waals surface area contributed by atoms with Crippen LogP contribution in [0.1, 0.15) is 17.5 Å². The number of aryl methyl sites for hydroxylation is 3. The van der Waals surface area contributed by atoms with Crippen LogP contribution in [0.3, 0.4) is 0 Å². The number of nitrogens with zero attached hydrogens (tertiary/aromatic N) is 12. The summed E-state index contributed by atoms with van der Waals surface area (Å²) in [5, 5.41) is 13.9. The van der Waals surface area contributed by atoms with Gasteiger partial charge < -0.3 is 13.6 Å². The lowest BCUT2D eigenvalue weighted by Crippen LogP contribution is -1.88. The van der Waals surface area contributed by atoms with E-state index in [1.165, 1.54) is 34.6 Å². The molecule has 0 N–H and O–H groups in total. The first-order valence-electron chi connectivity index (χ1n) is 17.3. The predicted molar refractivity (Wildman–Crippen MR) is 214 cm³/mol. The van der Waals surface area contributed by atoms with Gasteiger partial charge in [-0.15, -0.1) is 0 Å². The van der Waals surface area contributed by atoms with Gasteiger partial charge in [0.25, 0.3) is 17.7 Å². The van der Waals surface area contributed by atoms with E-state index in [9.17, 15) is 0 Å². The molecule has 0 saturated carbocycles. The Kier molecular flexibility index (Phi) is 8.61. The quantitative estimate of drug-likeness (QED) is 0.134. The smallest absolute Gasteiger partial charge is 0.257 e. The average Bonchev–Trinajstić information content (AvgIpc) is 4.10. The maximum Gasteiger partial charge on any atom is 0.257 e. The summed E-state index contributed by atoms with van der Waals surface area (Å²) in [6.07, 6.45) is 0. The molecule has 0 amide bonds. The van der Waals surface area contributed by atoms with Crippen LogP contribution in [0.15, 0.2) is 105 Å². The Morgan fingerprint density at radius 1 is 0.351 bits per heavy atom. The van der Waals surface area contributed by atoms with Crippen molar-refractivity contribution in [2.45, 2.75) is 20.8 Å². The summed E-state index contributed by atoms with van der Waals surface area (Å²) in [4.78, 5) is 28.1. The zero-order chi connectivity index (χ0) is 38.5. The van der Waals surface area contributed by atoms with Crippen molar-refractivity contribution < 1.29 is 13.6 Å². The first kappa shape index (κ1) is 34.5. The number of hydrogen-bond donors (Lipinski definition) is 0. The van der Waals surface area contributed by atoms with E-state index in [0.29, 0.717) is 67.6 Å². The highest BCUT2D eigenvalue weighted by Crippen LogP contribution is 2.38. The van der Waals surface area contributed by atoms with E-state index >= 15 is 0 Å². The molecular weight excluding hydrogens is 781 g/mol.